The second kappa shape index (κ2) is 8.34. The Morgan fingerprint density at radius 3 is 2.36 bits per heavy atom. The van der Waals surface area contributed by atoms with Gasteiger partial charge in [0, 0.05) is 29.2 Å². The third-order valence-electron chi connectivity index (χ3n) is 6.85. The first-order chi connectivity index (χ1) is 17.4. The number of hydrogen-bond donors (Lipinski definition) is 1. The summed E-state index contributed by atoms with van der Waals surface area (Å²) in [7, 11) is 0. The Balaban J connectivity index is 1.52. The maximum atomic E-state index is 16.0. The van der Waals surface area contributed by atoms with Gasteiger partial charge in [0.2, 0.25) is 0 Å². The molecular formula is C30H24BF2N3. The minimum absolute atomic E-state index is 0.461. The average Bonchev–Trinajstić information content (AvgIpc) is 3.51. The molecule has 176 valence electrons. The third-order valence-corrected chi connectivity index (χ3v) is 6.85. The molecule has 0 spiro atoms. The lowest BCUT2D eigenvalue weighted by Gasteiger charge is -2.32. The van der Waals surface area contributed by atoms with Gasteiger partial charge in [0.15, 0.2) is 5.70 Å². The smallest absolute Gasteiger partial charge is 0.399 e. The molecule has 0 bridgehead atoms. The van der Waals surface area contributed by atoms with E-state index in [0.717, 1.165) is 37.9 Å². The Morgan fingerprint density at radius 2 is 1.58 bits per heavy atom. The molecule has 4 aromatic rings. The van der Waals surface area contributed by atoms with Crippen molar-refractivity contribution in [1.29, 1.82) is 0 Å². The standard InChI is InChI=1S/C30H24BF2N3/c1-21-20-26(18-15-23-10-5-6-11-27(23)22-8-3-2-4-9-22)36-30(21)29(24-13-16-25(34)17-14-24)28-12-7-19-35(28)31(36,32)33/h2-20H,34H2,1H3/b18-15+. The van der Waals surface area contributed by atoms with Crippen molar-refractivity contribution in [2.45, 2.75) is 6.92 Å². The van der Waals surface area contributed by atoms with E-state index in [-0.39, 0.29) is 0 Å². The molecule has 0 atom stereocenters. The minimum Gasteiger partial charge on any atom is -0.399 e. The van der Waals surface area contributed by atoms with Gasteiger partial charge in [-0.05, 0) is 59.0 Å². The number of rotatable bonds is 4. The fourth-order valence-electron chi connectivity index (χ4n) is 5.21. The van der Waals surface area contributed by atoms with E-state index in [1.807, 2.05) is 73.7 Å². The van der Waals surface area contributed by atoms with Crippen LogP contribution in [0.2, 0.25) is 0 Å². The number of hydrogen-bond acceptors (Lipinski definition) is 1. The van der Waals surface area contributed by atoms with Crippen molar-refractivity contribution < 1.29 is 13.1 Å². The lowest BCUT2D eigenvalue weighted by atomic mass is 9.85. The van der Waals surface area contributed by atoms with Crippen molar-refractivity contribution in [2.75, 3.05) is 5.73 Å². The molecule has 1 aromatic heterocycles. The SMILES string of the molecule is Cc1cc(/C=C/c2ccccc2-c2ccccc2)n2c1C(c1ccc(N)cc1)=C1C=CC=[N+]1[B-]2(F)F. The molecule has 6 heteroatoms. The zero-order chi connectivity index (χ0) is 24.9. The maximum absolute atomic E-state index is 16.0. The molecule has 3 aromatic carbocycles. The van der Waals surface area contributed by atoms with Crippen LogP contribution in [-0.2, 0) is 0 Å². The van der Waals surface area contributed by atoms with Crippen molar-refractivity contribution >= 4 is 36.6 Å². The van der Waals surface area contributed by atoms with Gasteiger partial charge in [-0.3, -0.25) is 0 Å². The van der Waals surface area contributed by atoms with Gasteiger partial charge >= 0.3 is 6.97 Å². The van der Waals surface area contributed by atoms with Crippen molar-refractivity contribution in [1.82, 2.24) is 4.48 Å². The summed E-state index contributed by atoms with van der Waals surface area (Å²) in [5.74, 6) is 0. The molecule has 2 aliphatic rings. The van der Waals surface area contributed by atoms with Crippen LogP contribution in [0.3, 0.4) is 0 Å². The molecule has 2 aliphatic heterocycles. The highest BCUT2D eigenvalue weighted by atomic mass is 19.2. The lowest BCUT2D eigenvalue weighted by Crippen LogP contribution is -2.50. The van der Waals surface area contributed by atoms with E-state index in [1.54, 1.807) is 30.4 Å². The number of allylic oxidation sites excluding steroid dienone is 2. The van der Waals surface area contributed by atoms with Gasteiger partial charge in [0.1, 0.15) is 6.21 Å². The van der Waals surface area contributed by atoms with E-state index >= 15 is 8.63 Å². The van der Waals surface area contributed by atoms with Crippen LogP contribution in [0.1, 0.15) is 28.1 Å². The molecule has 0 radical (unpaired) electrons. The van der Waals surface area contributed by atoms with Crippen molar-refractivity contribution in [2.24, 2.45) is 0 Å². The predicted octanol–water partition coefficient (Wildman–Crippen LogP) is 6.86. The second-order valence-corrected chi connectivity index (χ2v) is 9.14. The van der Waals surface area contributed by atoms with E-state index in [2.05, 4.69) is 12.1 Å². The Kier molecular flexibility index (Phi) is 5.11. The minimum atomic E-state index is -4.08. The van der Waals surface area contributed by atoms with Crippen LogP contribution < -0.4 is 5.73 Å². The Labute approximate surface area is 208 Å². The van der Waals surface area contributed by atoms with Gasteiger partial charge in [0.05, 0.1) is 5.57 Å². The average molecular weight is 475 g/mol. The van der Waals surface area contributed by atoms with Crippen LogP contribution in [0.5, 0.6) is 0 Å². The molecule has 0 aliphatic carbocycles. The number of halogens is 2. The summed E-state index contributed by atoms with van der Waals surface area (Å²) in [5, 5.41) is 0. The molecule has 0 saturated heterocycles. The highest BCUT2D eigenvalue weighted by Gasteiger charge is 2.53. The third kappa shape index (κ3) is 3.45. The Bertz CT molecular complexity index is 1610. The van der Waals surface area contributed by atoms with Crippen LogP contribution in [0.25, 0.3) is 28.9 Å². The molecular weight excluding hydrogens is 451 g/mol. The molecule has 3 nitrogen and oxygen atoms in total. The number of nitrogens with two attached hydrogens (primary N) is 1. The van der Waals surface area contributed by atoms with Gasteiger partial charge in [0.25, 0.3) is 0 Å². The highest BCUT2D eigenvalue weighted by Crippen LogP contribution is 2.42. The molecule has 2 N–H and O–H groups in total. The van der Waals surface area contributed by atoms with E-state index < -0.39 is 6.97 Å². The predicted molar refractivity (Wildman–Crippen MR) is 146 cm³/mol. The summed E-state index contributed by atoms with van der Waals surface area (Å²) in [6, 6.07) is 27.3. The molecule has 0 amide bonds. The number of fused-ring (bicyclic) bond motifs is 2. The zero-order valence-corrected chi connectivity index (χ0v) is 19.8. The second-order valence-electron chi connectivity index (χ2n) is 9.14. The highest BCUT2D eigenvalue weighted by molar-refractivity contribution is 6.58. The van der Waals surface area contributed by atoms with E-state index in [9.17, 15) is 0 Å². The number of benzene rings is 3. The first kappa shape index (κ1) is 22.0. The van der Waals surface area contributed by atoms with Crippen LogP contribution in [0, 0.1) is 6.92 Å². The first-order valence-electron chi connectivity index (χ1n) is 11.9. The maximum Gasteiger partial charge on any atom is 0.737 e. The largest absolute Gasteiger partial charge is 0.737 e. The molecule has 6 rings (SSSR count). The summed E-state index contributed by atoms with van der Waals surface area (Å²) in [6.45, 7) is -2.18. The lowest BCUT2D eigenvalue weighted by molar-refractivity contribution is -0.356. The van der Waals surface area contributed by atoms with Gasteiger partial charge in [-0.2, -0.15) is 0 Å². The molecule has 3 heterocycles. The molecule has 0 unspecified atom stereocenters. The van der Waals surface area contributed by atoms with Gasteiger partial charge in [-0.25, -0.2) is 0 Å². The van der Waals surface area contributed by atoms with Crippen LogP contribution in [-0.4, -0.2) is 22.1 Å². The van der Waals surface area contributed by atoms with Crippen LogP contribution >= 0.6 is 0 Å². The van der Waals surface area contributed by atoms with Gasteiger partial charge < -0.3 is 23.3 Å². The van der Waals surface area contributed by atoms with Crippen molar-refractivity contribution in [3.63, 3.8) is 0 Å². The monoisotopic (exact) mass is 475 g/mol. The summed E-state index contributed by atoms with van der Waals surface area (Å²) in [6.07, 6.45) is 8.61. The van der Waals surface area contributed by atoms with Gasteiger partial charge in [-0.1, -0.05) is 72.8 Å². The number of nitrogen functional groups attached to an aromatic ring is 1. The summed E-state index contributed by atoms with van der Waals surface area (Å²) in [5.41, 5.74) is 13.6. The number of aryl methyl sites for hydroxylation is 1. The van der Waals surface area contributed by atoms with E-state index in [1.165, 1.54) is 10.7 Å². The molecule has 0 saturated carbocycles. The topological polar surface area (TPSA) is 34.0 Å². The van der Waals surface area contributed by atoms with Crippen LogP contribution in [0.4, 0.5) is 14.3 Å². The number of nitrogens with zero attached hydrogens (tertiary/aromatic N) is 2. The summed E-state index contributed by atoms with van der Waals surface area (Å²) in [4.78, 5) is 0. The first-order valence-corrected chi connectivity index (χ1v) is 11.9. The summed E-state index contributed by atoms with van der Waals surface area (Å²) < 4.78 is 34.4. The Morgan fingerprint density at radius 1 is 0.861 bits per heavy atom. The molecule has 0 fully saturated rings. The van der Waals surface area contributed by atoms with E-state index in [4.69, 9.17) is 5.73 Å². The fourth-order valence-corrected chi connectivity index (χ4v) is 5.21. The number of aromatic nitrogens is 1. The molecule has 36 heavy (non-hydrogen) atoms. The summed E-state index contributed by atoms with van der Waals surface area (Å²) >= 11 is 0. The van der Waals surface area contributed by atoms with Gasteiger partial charge in [-0.15, -0.1) is 0 Å². The number of anilines is 1. The normalized spacial score (nSPS) is 15.8. The zero-order valence-electron chi connectivity index (χ0n) is 19.8. The fraction of sp³-hybridized carbons (Fsp3) is 0.0333. The van der Waals surface area contributed by atoms with Crippen molar-refractivity contribution in [3.8, 4) is 11.1 Å². The van der Waals surface area contributed by atoms with Crippen LogP contribution in [0.15, 0.2) is 103 Å². The van der Waals surface area contributed by atoms with Crippen molar-refractivity contribution in [3.05, 3.63) is 131 Å². The Hall–Kier alpha value is -4.45. The van der Waals surface area contributed by atoms with E-state index in [0.29, 0.717) is 22.8 Å². The quantitative estimate of drug-likeness (QED) is 0.254.